The lowest BCUT2D eigenvalue weighted by atomic mass is 10.2. The maximum Gasteiger partial charge on any atom is 0.344 e. The number of hydrogen-bond acceptors (Lipinski definition) is 5. The van der Waals surface area contributed by atoms with Gasteiger partial charge >= 0.3 is 5.97 Å². The van der Waals surface area contributed by atoms with Crippen molar-refractivity contribution in [2.75, 3.05) is 0 Å². The third-order valence-corrected chi connectivity index (χ3v) is 7.75. The molecule has 1 rings (SSSR count). The van der Waals surface area contributed by atoms with E-state index in [4.69, 9.17) is 15.3 Å². The highest BCUT2D eigenvalue weighted by atomic mass is 80.0. The Morgan fingerprint density at radius 3 is 2.33 bits per heavy atom. The summed E-state index contributed by atoms with van der Waals surface area (Å²) in [6.07, 6.45) is -1.27. The van der Waals surface area contributed by atoms with Crippen LogP contribution in [0.15, 0.2) is 29.2 Å². The number of benzene rings is 1. The fraction of sp³-hybridized carbons (Fsp3) is 0.273. The number of alkyl halides is 3. The molecule has 0 fully saturated rings. The van der Waals surface area contributed by atoms with E-state index in [9.17, 15) is 13.2 Å². The zero-order valence-electron chi connectivity index (χ0n) is 10.5. The van der Waals surface area contributed by atoms with Gasteiger partial charge in [-0.3, -0.25) is 5.41 Å². The van der Waals surface area contributed by atoms with Crippen molar-refractivity contribution in [1.82, 2.24) is 0 Å². The van der Waals surface area contributed by atoms with Crippen LogP contribution in [-0.2, 0) is 19.4 Å². The number of carboxylic acids is 1. The Labute approximate surface area is 146 Å². The second kappa shape index (κ2) is 6.76. The first-order chi connectivity index (χ1) is 9.48. The molecule has 0 aliphatic carbocycles. The number of nitrogens with one attached hydrogen (secondary N) is 1. The number of rotatable bonds is 4. The lowest BCUT2D eigenvalue weighted by Crippen LogP contribution is -2.26. The second-order valence-corrected chi connectivity index (χ2v) is 14.3. The van der Waals surface area contributed by atoms with Gasteiger partial charge in [0.15, 0.2) is 6.10 Å². The predicted molar refractivity (Wildman–Crippen MR) is 88.2 cm³/mol. The van der Waals surface area contributed by atoms with E-state index in [2.05, 4.69) is 47.8 Å². The van der Waals surface area contributed by atoms with Gasteiger partial charge in [0.2, 0.25) is 17.2 Å². The number of hydrogen-bond donors (Lipinski definition) is 2. The topological polar surface area (TPSA) is 105 Å². The van der Waals surface area contributed by atoms with Crippen molar-refractivity contribution >= 4 is 69.5 Å². The minimum Gasteiger partial charge on any atom is -0.479 e. The minimum atomic E-state index is -3.93. The molecule has 0 saturated carbocycles. The fourth-order valence-corrected chi connectivity index (χ4v) is 3.83. The van der Waals surface area contributed by atoms with E-state index < -0.39 is 29.3 Å². The van der Waals surface area contributed by atoms with Gasteiger partial charge in [0.25, 0.3) is 0 Å². The van der Waals surface area contributed by atoms with Crippen LogP contribution >= 0.6 is 47.8 Å². The third kappa shape index (κ3) is 4.27. The predicted octanol–water partition coefficient (Wildman–Crippen LogP) is 3.07. The van der Waals surface area contributed by atoms with Crippen molar-refractivity contribution in [3.63, 3.8) is 0 Å². The molecule has 6 nitrogen and oxygen atoms in total. The lowest BCUT2D eigenvalue weighted by Gasteiger charge is -2.18. The molecule has 1 atom stereocenters. The van der Waals surface area contributed by atoms with E-state index in [-0.39, 0.29) is 10.5 Å². The van der Waals surface area contributed by atoms with Gasteiger partial charge in [-0.1, -0.05) is 12.1 Å². The van der Waals surface area contributed by atoms with Crippen molar-refractivity contribution in [2.45, 2.75) is 19.4 Å². The molecule has 0 radical (unpaired) electrons. The summed E-state index contributed by atoms with van der Waals surface area (Å²) in [5.74, 6) is -1.79. The van der Waals surface area contributed by atoms with Crippen LogP contribution in [0.5, 0.6) is 0 Å². The Morgan fingerprint density at radius 2 is 1.86 bits per heavy atom. The summed E-state index contributed by atoms with van der Waals surface area (Å²) in [6.45, 7) is 1.25. The quantitative estimate of drug-likeness (QED) is 0.370. The summed E-state index contributed by atoms with van der Waals surface area (Å²) in [5.41, 5.74) is -0.0340. The summed E-state index contributed by atoms with van der Waals surface area (Å²) < 4.78 is 28.1. The molecule has 1 aromatic carbocycles. The standard InChI is InChI=1S/C11H10Br3NO5S/c1-6(10(16)17)20-9(15)7-4-2-3-5-8(7)21(18,19)11(12,13)14/h2-6,15H,1H3,(H,16,17). The van der Waals surface area contributed by atoms with Crippen molar-refractivity contribution in [3.8, 4) is 0 Å². The molecule has 0 bridgehead atoms. The Balaban J connectivity index is 3.29. The molecule has 1 aromatic rings. The number of ether oxygens (including phenoxy) is 1. The first-order valence-electron chi connectivity index (χ1n) is 5.37. The van der Waals surface area contributed by atoms with Gasteiger partial charge in [-0.05, 0) is 66.8 Å². The molecule has 21 heavy (non-hydrogen) atoms. The molecule has 0 amide bonds. The Morgan fingerprint density at radius 1 is 1.33 bits per heavy atom. The summed E-state index contributed by atoms with van der Waals surface area (Å²) in [4.78, 5) is 10.6. The van der Waals surface area contributed by atoms with Gasteiger partial charge in [-0.15, -0.1) is 0 Å². The average Bonchev–Trinajstić information content (AvgIpc) is 2.37. The highest BCUT2D eigenvalue weighted by Gasteiger charge is 2.39. The fourth-order valence-electron chi connectivity index (χ4n) is 1.30. The van der Waals surface area contributed by atoms with Crippen molar-refractivity contribution in [3.05, 3.63) is 29.8 Å². The number of halogens is 3. The van der Waals surface area contributed by atoms with Crippen molar-refractivity contribution in [1.29, 1.82) is 5.41 Å². The van der Waals surface area contributed by atoms with Gasteiger partial charge in [0.05, 0.1) is 10.5 Å². The smallest absolute Gasteiger partial charge is 0.344 e. The molecule has 1 unspecified atom stereocenters. The van der Waals surface area contributed by atoms with E-state index in [0.29, 0.717) is 0 Å². The first-order valence-corrected chi connectivity index (χ1v) is 9.23. The first kappa shape index (κ1) is 18.6. The zero-order valence-corrected chi connectivity index (χ0v) is 16.1. The van der Waals surface area contributed by atoms with Crippen LogP contribution in [0.4, 0.5) is 0 Å². The molecule has 0 aromatic heterocycles. The van der Waals surface area contributed by atoms with Gasteiger partial charge in [0.1, 0.15) is 0 Å². The van der Waals surface area contributed by atoms with Crippen LogP contribution in [0.3, 0.4) is 0 Å². The molecule has 0 saturated heterocycles. The van der Waals surface area contributed by atoms with Crippen molar-refractivity contribution < 1.29 is 23.1 Å². The Kier molecular flexibility index (Phi) is 5.99. The van der Waals surface area contributed by atoms with E-state index in [0.717, 1.165) is 0 Å². The molecule has 2 N–H and O–H groups in total. The summed E-state index contributed by atoms with van der Waals surface area (Å²) in [7, 11) is -3.93. The molecule has 0 spiro atoms. The van der Waals surface area contributed by atoms with E-state index >= 15 is 0 Å². The van der Waals surface area contributed by atoms with E-state index in [1.165, 1.54) is 31.2 Å². The maximum absolute atomic E-state index is 12.4. The van der Waals surface area contributed by atoms with Crippen LogP contribution in [0.2, 0.25) is 0 Å². The Bertz CT molecular complexity index is 669. The molecular formula is C11H10Br3NO5S. The molecule has 116 valence electrons. The molecule has 0 heterocycles. The van der Waals surface area contributed by atoms with Crippen LogP contribution < -0.4 is 0 Å². The molecular weight excluding hydrogens is 498 g/mol. The van der Waals surface area contributed by atoms with E-state index in [1.54, 1.807) is 0 Å². The average molecular weight is 508 g/mol. The number of carboxylic acid groups (broad SMARTS) is 1. The normalized spacial score (nSPS) is 13.5. The monoisotopic (exact) mass is 505 g/mol. The minimum absolute atomic E-state index is 0.0340. The van der Waals surface area contributed by atoms with Crippen LogP contribution in [-0.4, -0.2) is 33.0 Å². The second-order valence-electron chi connectivity index (χ2n) is 3.87. The lowest BCUT2D eigenvalue weighted by molar-refractivity contribution is -0.144. The summed E-state index contributed by atoms with van der Waals surface area (Å²) in [6, 6.07) is 5.67. The highest BCUT2D eigenvalue weighted by Crippen LogP contribution is 2.44. The third-order valence-electron chi connectivity index (χ3n) is 2.37. The van der Waals surface area contributed by atoms with Crippen LogP contribution in [0.1, 0.15) is 12.5 Å². The number of carbonyl (C=O) groups is 1. The summed E-state index contributed by atoms with van der Waals surface area (Å²) >= 11 is 8.80. The molecule has 0 aliphatic heterocycles. The molecule has 10 heteroatoms. The number of sulfone groups is 1. The maximum atomic E-state index is 12.4. The highest BCUT2D eigenvalue weighted by molar-refractivity contribution is 9.42. The van der Waals surface area contributed by atoms with Gasteiger partial charge < -0.3 is 9.84 Å². The van der Waals surface area contributed by atoms with Gasteiger partial charge in [-0.25, -0.2) is 13.2 Å². The van der Waals surface area contributed by atoms with Gasteiger partial charge in [0, 0.05) is 0 Å². The van der Waals surface area contributed by atoms with Crippen molar-refractivity contribution in [2.24, 2.45) is 0 Å². The number of aliphatic carboxylic acids is 1. The summed E-state index contributed by atoms with van der Waals surface area (Å²) in [5, 5.41) is 16.6. The largest absolute Gasteiger partial charge is 0.479 e. The van der Waals surface area contributed by atoms with Gasteiger partial charge in [-0.2, -0.15) is 0 Å². The van der Waals surface area contributed by atoms with Crippen LogP contribution in [0.25, 0.3) is 0 Å². The van der Waals surface area contributed by atoms with Crippen LogP contribution in [0, 0.1) is 5.41 Å². The SMILES string of the molecule is CC(OC(=N)c1ccccc1S(=O)(=O)C(Br)(Br)Br)C(=O)O. The Hall–Kier alpha value is -0.450. The molecule has 0 aliphatic rings. The zero-order chi connectivity index (χ0) is 16.4. The van der Waals surface area contributed by atoms with E-state index in [1.807, 2.05) is 0 Å².